The summed E-state index contributed by atoms with van der Waals surface area (Å²) in [6.45, 7) is 0. The highest BCUT2D eigenvalue weighted by molar-refractivity contribution is 7.66. The minimum atomic E-state index is 0.574. The van der Waals surface area contributed by atoms with Gasteiger partial charge in [-0.2, -0.15) is 0 Å². The number of hydrogen-bond donors (Lipinski definition) is 0. The second kappa shape index (κ2) is 3.36. The Morgan fingerprint density at radius 1 is 0.933 bits per heavy atom. The minimum absolute atomic E-state index is 0.574. The summed E-state index contributed by atoms with van der Waals surface area (Å²) in [5.74, 6) is 0. The van der Waals surface area contributed by atoms with E-state index in [1.165, 1.54) is 14.8 Å². The van der Waals surface area contributed by atoms with Gasteiger partial charge in [0, 0.05) is 25.1 Å². The van der Waals surface area contributed by atoms with Crippen LogP contribution in [-0.2, 0) is 15.9 Å². The molecule has 0 spiro atoms. The van der Waals surface area contributed by atoms with Crippen molar-refractivity contribution in [3.05, 3.63) is 42.5 Å². The van der Waals surface area contributed by atoms with E-state index in [1.54, 1.807) is 11.3 Å². The zero-order valence-corrected chi connectivity index (χ0v) is 9.40. The van der Waals surface area contributed by atoms with Crippen LogP contribution in [0.2, 0.25) is 0 Å². The number of thiophene rings is 1. The Hall–Kier alpha value is -1.32. The first-order valence-electron chi connectivity index (χ1n) is 4.60. The van der Waals surface area contributed by atoms with Crippen LogP contribution in [0.25, 0.3) is 20.2 Å². The van der Waals surface area contributed by atoms with Gasteiger partial charge in [0.2, 0.25) is 0 Å². The van der Waals surface area contributed by atoms with Crippen LogP contribution >= 0.6 is 11.3 Å². The third-order valence-electron chi connectivity index (χ3n) is 2.45. The lowest BCUT2D eigenvalue weighted by Gasteiger charge is -1.87. The number of fused-ring (bicyclic) bond motifs is 3. The van der Waals surface area contributed by atoms with Gasteiger partial charge in [0.25, 0.3) is 4.90 Å². The third-order valence-corrected chi connectivity index (χ3v) is 4.11. The minimum Gasteiger partial charge on any atom is -0.135 e. The van der Waals surface area contributed by atoms with E-state index in [-0.39, 0.29) is 0 Å². The molecule has 0 saturated heterocycles. The topological polar surface area (TPSA) is 17.1 Å². The summed E-state index contributed by atoms with van der Waals surface area (Å²) in [7, 11) is 0. The lowest BCUT2D eigenvalue weighted by Crippen LogP contribution is -1.74. The van der Waals surface area contributed by atoms with E-state index in [9.17, 15) is 4.21 Å². The first-order chi connectivity index (χ1) is 7.40. The first-order valence-corrected chi connectivity index (χ1v) is 6.16. The molecule has 1 heterocycles. The molecule has 0 saturated carbocycles. The molecule has 0 unspecified atom stereocenters. The largest absolute Gasteiger partial charge is 0.505 e. The summed E-state index contributed by atoms with van der Waals surface area (Å²) >= 11 is 2.31. The molecule has 3 aromatic rings. The molecule has 1 aromatic heterocycles. The summed E-state index contributed by atoms with van der Waals surface area (Å²) in [4.78, 5) is 0.824. The van der Waals surface area contributed by atoms with Crippen LogP contribution in [0.3, 0.4) is 0 Å². The lowest BCUT2D eigenvalue weighted by atomic mass is 10.1. The van der Waals surface area contributed by atoms with Gasteiger partial charge >= 0.3 is 11.7 Å². The van der Waals surface area contributed by atoms with E-state index in [2.05, 4.69) is 18.2 Å². The van der Waals surface area contributed by atoms with E-state index in [1.807, 2.05) is 24.3 Å². The molecule has 0 bridgehead atoms. The van der Waals surface area contributed by atoms with Gasteiger partial charge in [-0.3, -0.25) is 0 Å². The van der Waals surface area contributed by atoms with Gasteiger partial charge in [-0.25, -0.2) is 0 Å². The molecular weight excluding hydrogens is 224 g/mol. The number of hydrogen-bond acceptors (Lipinski definition) is 2. The van der Waals surface area contributed by atoms with Crippen molar-refractivity contribution in [2.45, 2.75) is 4.90 Å². The van der Waals surface area contributed by atoms with Gasteiger partial charge in [0.05, 0.1) is 5.39 Å². The van der Waals surface area contributed by atoms with Crippen LogP contribution < -0.4 is 0 Å². The predicted molar refractivity (Wildman–Crippen MR) is 65.6 cm³/mol. The molecule has 0 aliphatic rings. The Bertz CT molecular complexity index is 655. The Labute approximate surface area is 94.8 Å². The van der Waals surface area contributed by atoms with Crippen LogP contribution in [0.5, 0.6) is 0 Å². The van der Waals surface area contributed by atoms with Gasteiger partial charge in [-0.05, 0) is 12.1 Å². The first kappa shape index (κ1) is 8.95. The van der Waals surface area contributed by atoms with E-state index < -0.39 is 0 Å². The molecule has 0 aliphatic heterocycles. The van der Waals surface area contributed by atoms with Gasteiger partial charge in [-0.15, -0.1) is 11.3 Å². The van der Waals surface area contributed by atoms with Crippen LogP contribution in [-0.4, -0.2) is 0 Å². The molecule has 15 heavy (non-hydrogen) atoms. The number of rotatable bonds is 1. The normalized spacial score (nSPS) is 10.9. The fraction of sp³-hybridized carbons (Fsp3) is 0. The quantitative estimate of drug-likeness (QED) is 0.581. The van der Waals surface area contributed by atoms with Crippen LogP contribution in [0, 0.1) is 0 Å². The summed E-state index contributed by atoms with van der Waals surface area (Å²) in [5, 5.41) is 2.30. The molecule has 2 aromatic carbocycles. The Balaban J connectivity index is 2.62. The van der Waals surface area contributed by atoms with Crippen LogP contribution in [0.15, 0.2) is 47.4 Å². The molecule has 3 heteroatoms. The Morgan fingerprint density at radius 2 is 1.73 bits per heavy atom. The molecule has 0 N–H and O–H groups in total. The highest BCUT2D eigenvalue weighted by Crippen LogP contribution is 2.35. The Kier molecular flexibility index (Phi) is 2.01. The molecular formula is C12H7OS2+. The zero-order chi connectivity index (χ0) is 10.3. The van der Waals surface area contributed by atoms with Crippen LogP contribution in [0.4, 0.5) is 0 Å². The summed E-state index contributed by atoms with van der Waals surface area (Å²) in [5.41, 5.74) is 0. The molecule has 0 aliphatic carbocycles. The summed E-state index contributed by atoms with van der Waals surface area (Å²) in [6, 6.07) is 14.1. The molecule has 0 fully saturated rings. The van der Waals surface area contributed by atoms with Crippen molar-refractivity contribution in [3.63, 3.8) is 0 Å². The molecule has 3 rings (SSSR count). The monoisotopic (exact) mass is 231 g/mol. The van der Waals surface area contributed by atoms with E-state index >= 15 is 0 Å². The van der Waals surface area contributed by atoms with Crippen molar-refractivity contribution < 1.29 is 4.21 Å². The second-order valence-electron chi connectivity index (χ2n) is 3.31. The maximum atomic E-state index is 11.0. The van der Waals surface area contributed by atoms with E-state index in [0.29, 0.717) is 11.7 Å². The second-order valence-corrected chi connectivity index (χ2v) is 5.00. The maximum Gasteiger partial charge on any atom is 0.505 e. The van der Waals surface area contributed by atoms with Gasteiger partial charge in [0.15, 0.2) is 0 Å². The van der Waals surface area contributed by atoms with Crippen molar-refractivity contribution in [3.8, 4) is 0 Å². The van der Waals surface area contributed by atoms with Crippen molar-refractivity contribution in [2.24, 2.45) is 0 Å². The van der Waals surface area contributed by atoms with Crippen molar-refractivity contribution >= 4 is 43.2 Å². The lowest BCUT2D eigenvalue weighted by molar-refractivity contribution is 0.605. The van der Waals surface area contributed by atoms with Crippen molar-refractivity contribution in [2.75, 3.05) is 0 Å². The van der Waals surface area contributed by atoms with Crippen LogP contribution in [0.1, 0.15) is 0 Å². The molecule has 0 amide bonds. The number of benzene rings is 2. The van der Waals surface area contributed by atoms with Gasteiger partial charge < -0.3 is 0 Å². The van der Waals surface area contributed by atoms with Crippen molar-refractivity contribution in [1.82, 2.24) is 0 Å². The Morgan fingerprint density at radius 3 is 2.60 bits per heavy atom. The zero-order valence-electron chi connectivity index (χ0n) is 7.77. The summed E-state index contributed by atoms with van der Waals surface area (Å²) < 4.78 is 13.4. The average molecular weight is 231 g/mol. The fourth-order valence-electron chi connectivity index (χ4n) is 1.81. The molecule has 0 radical (unpaired) electrons. The molecule has 1 nitrogen and oxygen atoms in total. The fourth-order valence-corrected chi connectivity index (χ4v) is 3.45. The SMILES string of the molecule is O=[S+]c1cccc2sc3ccccc3c12. The third kappa shape index (κ3) is 1.28. The van der Waals surface area contributed by atoms with Gasteiger partial charge in [-0.1, -0.05) is 24.3 Å². The van der Waals surface area contributed by atoms with Crippen molar-refractivity contribution in [1.29, 1.82) is 0 Å². The average Bonchev–Trinajstić information content (AvgIpc) is 2.67. The van der Waals surface area contributed by atoms with E-state index in [4.69, 9.17) is 0 Å². The smallest absolute Gasteiger partial charge is 0.135 e. The maximum absolute atomic E-state index is 11.0. The van der Waals surface area contributed by atoms with E-state index in [0.717, 1.165) is 10.3 Å². The highest BCUT2D eigenvalue weighted by Gasteiger charge is 2.16. The molecule has 72 valence electrons. The highest BCUT2D eigenvalue weighted by atomic mass is 32.1. The van der Waals surface area contributed by atoms with Gasteiger partial charge in [0.1, 0.15) is 0 Å². The summed E-state index contributed by atoms with van der Waals surface area (Å²) in [6.07, 6.45) is 0. The standard InChI is InChI=1S/C12H7OS2/c13-15-11-7-3-6-10-12(11)8-4-1-2-5-9(8)14-10/h1-7H/q+1. The predicted octanol–water partition coefficient (Wildman–Crippen LogP) is 3.84. The molecule has 0 atom stereocenters.